The number of epoxide rings is 1. The fourth-order valence-electron chi connectivity index (χ4n) is 0.743. The number of carbonyl (C=O) groups excluding carboxylic acids is 1. The summed E-state index contributed by atoms with van der Waals surface area (Å²) in [5.41, 5.74) is 0. The summed E-state index contributed by atoms with van der Waals surface area (Å²) < 4.78 is 9.77. The zero-order chi connectivity index (χ0) is 8.81. The smallest absolute Gasteiger partial charge is 0.407 e. The molecule has 1 unspecified atom stereocenters. The third-order valence-electron chi connectivity index (χ3n) is 1.61. The predicted octanol–water partition coefficient (Wildman–Crippen LogP) is 0.911. The maximum Gasteiger partial charge on any atom is 0.407 e. The van der Waals surface area contributed by atoms with Gasteiger partial charge in [-0.05, 0) is 6.42 Å². The predicted molar refractivity (Wildman–Crippen MR) is 44.0 cm³/mol. The Bertz CT molecular complexity index is 145. The fraction of sp³-hybridized carbons (Fsp3) is 0.875. The second-order valence-electron chi connectivity index (χ2n) is 2.83. The molecule has 0 aliphatic carbocycles. The molecule has 4 nitrogen and oxygen atoms in total. The van der Waals surface area contributed by atoms with Crippen LogP contribution in [0.15, 0.2) is 0 Å². The zero-order valence-electron chi connectivity index (χ0n) is 7.34. The van der Waals surface area contributed by atoms with E-state index in [0.29, 0.717) is 13.2 Å². The van der Waals surface area contributed by atoms with Crippen molar-refractivity contribution in [2.45, 2.75) is 25.9 Å². The first-order valence-electron chi connectivity index (χ1n) is 4.35. The Labute approximate surface area is 72.2 Å². The highest BCUT2D eigenvalue weighted by atomic mass is 16.6. The Hall–Kier alpha value is -0.770. The van der Waals surface area contributed by atoms with Crippen molar-refractivity contribution < 1.29 is 14.3 Å². The minimum absolute atomic E-state index is 0.226. The molecule has 0 aromatic rings. The van der Waals surface area contributed by atoms with Crippen LogP contribution in [0.4, 0.5) is 4.79 Å². The van der Waals surface area contributed by atoms with Crippen molar-refractivity contribution in [2.24, 2.45) is 0 Å². The fourth-order valence-corrected chi connectivity index (χ4v) is 0.743. The average molecular weight is 173 g/mol. The van der Waals surface area contributed by atoms with E-state index in [4.69, 9.17) is 9.47 Å². The lowest BCUT2D eigenvalue weighted by Crippen LogP contribution is -2.28. The van der Waals surface area contributed by atoms with Crippen LogP contribution >= 0.6 is 0 Å². The van der Waals surface area contributed by atoms with E-state index in [1.807, 2.05) is 0 Å². The Morgan fingerprint density at radius 2 is 2.50 bits per heavy atom. The lowest BCUT2D eigenvalue weighted by atomic mass is 10.4. The minimum atomic E-state index is -0.334. The number of carbonyl (C=O) groups is 1. The van der Waals surface area contributed by atoms with Crippen molar-refractivity contribution in [1.82, 2.24) is 5.32 Å². The molecule has 4 heteroatoms. The standard InChI is InChI=1S/C8H15NO3/c1-2-3-4-11-8(10)9-5-7-6-12-7/h7H,2-6H2,1H3,(H,9,10). The van der Waals surface area contributed by atoms with Crippen molar-refractivity contribution in [3.05, 3.63) is 0 Å². The molecular formula is C8H15NO3. The molecule has 12 heavy (non-hydrogen) atoms. The van der Waals surface area contributed by atoms with Gasteiger partial charge in [0.2, 0.25) is 0 Å². The first kappa shape index (κ1) is 9.32. The number of unbranched alkanes of at least 4 members (excludes halogenated alkanes) is 1. The van der Waals surface area contributed by atoms with E-state index >= 15 is 0 Å². The van der Waals surface area contributed by atoms with E-state index in [1.165, 1.54) is 0 Å². The molecule has 1 saturated heterocycles. The van der Waals surface area contributed by atoms with E-state index in [9.17, 15) is 4.79 Å². The van der Waals surface area contributed by atoms with E-state index in [0.717, 1.165) is 19.4 Å². The van der Waals surface area contributed by atoms with Crippen molar-refractivity contribution in [1.29, 1.82) is 0 Å². The van der Waals surface area contributed by atoms with Crippen LogP contribution in [0.3, 0.4) is 0 Å². The maximum atomic E-state index is 10.9. The number of hydrogen-bond acceptors (Lipinski definition) is 3. The number of amides is 1. The van der Waals surface area contributed by atoms with Gasteiger partial charge in [0.25, 0.3) is 0 Å². The Kier molecular flexibility index (Phi) is 3.87. The maximum absolute atomic E-state index is 10.9. The molecular weight excluding hydrogens is 158 g/mol. The summed E-state index contributed by atoms with van der Waals surface area (Å²) in [6.45, 7) is 3.90. The monoisotopic (exact) mass is 173 g/mol. The van der Waals surface area contributed by atoms with Crippen LogP contribution in [0.2, 0.25) is 0 Å². The SMILES string of the molecule is CCCCOC(=O)NCC1CO1. The van der Waals surface area contributed by atoms with Gasteiger partial charge in [0.1, 0.15) is 0 Å². The number of nitrogens with one attached hydrogen (secondary N) is 1. The molecule has 1 fully saturated rings. The van der Waals surface area contributed by atoms with Crippen molar-refractivity contribution in [2.75, 3.05) is 19.8 Å². The molecule has 0 spiro atoms. The summed E-state index contributed by atoms with van der Waals surface area (Å²) in [7, 11) is 0. The summed E-state index contributed by atoms with van der Waals surface area (Å²) in [6, 6.07) is 0. The minimum Gasteiger partial charge on any atom is -0.450 e. The van der Waals surface area contributed by atoms with Gasteiger partial charge in [0.05, 0.1) is 19.3 Å². The quantitative estimate of drug-likeness (QED) is 0.496. The van der Waals surface area contributed by atoms with Gasteiger partial charge in [-0.15, -0.1) is 0 Å². The largest absolute Gasteiger partial charge is 0.450 e. The third-order valence-corrected chi connectivity index (χ3v) is 1.61. The van der Waals surface area contributed by atoms with Gasteiger partial charge in [0, 0.05) is 6.54 Å². The van der Waals surface area contributed by atoms with E-state index < -0.39 is 0 Å². The van der Waals surface area contributed by atoms with Gasteiger partial charge in [0.15, 0.2) is 0 Å². The molecule has 0 aromatic heterocycles. The molecule has 1 atom stereocenters. The number of ether oxygens (including phenoxy) is 2. The van der Waals surface area contributed by atoms with Crippen LogP contribution < -0.4 is 5.32 Å². The molecule has 70 valence electrons. The topological polar surface area (TPSA) is 50.9 Å². The van der Waals surface area contributed by atoms with Crippen LogP contribution in [0.5, 0.6) is 0 Å². The van der Waals surface area contributed by atoms with Crippen molar-refractivity contribution in [3.8, 4) is 0 Å². The lowest BCUT2D eigenvalue weighted by molar-refractivity contribution is 0.143. The molecule has 0 saturated carbocycles. The van der Waals surface area contributed by atoms with Gasteiger partial charge in [-0.25, -0.2) is 4.79 Å². The number of alkyl carbamates (subject to hydrolysis) is 1. The van der Waals surface area contributed by atoms with Gasteiger partial charge in [-0.1, -0.05) is 13.3 Å². The third kappa shape index (κ3) is 4.18. The highest BCUT2D eigenvalue weighted by Gasteiger charge is 2.22. The molecule has 0 radical (unpaired) electrons. The average Bonchev–Trinajstić information content (AvgIpc) is 2.84. The summed E-state index contributed by atoms with van der Waals surface area (Å²) >= 11 is 0. The molecule has 0 bridgehead atoms. The van der Waals surface area contributed by atoms with E-state index in [-0.39, 0.29) is 12.2 Å². The summed E-state index contributed by atoms with van der Waals surface area (Å²) in [5, 5.41) is 2.62. The van der Waals surface area contributed by atoms with E-state index in [1.54, 1.807) is 0 Å². The summed E-state index contributed by atoms with van der Waals surface area (Å²) in [5.74, 6) is 0. The highest BCUT2D eigenvalue weighted by molar-refractivity contribution is 5.67. The van der Waals surface area contributed by atoms with Crippen molar-refractivity contribution in [3.63, 3.8) is 0 Å². The first-order valence-corrected chi connectivity index (χ1v) is 4.35. The molecule has 1 N–H and O–H groups in total. The van der Waals surface area contributed by atoms with Gasteiger partial charge >= 0.3 is 6.09 Å². The van der Waals surface area contributed by atoms with Crippen LogP contribution in [-0.2, 0) is 9.47 Å². The molecule has 1 aliphatic rings. The second kappa shape index (κ2) is 4.98. The highest BCUT2D eigenvalue weighted by Crippen LogP contribution is 2.05. The van der Waals surface area contributed by atoms with E-state index in [2.05, 4.69) is 12.2 Å². The lowest BCUT2D eigenvalue weighted by Gasteiger charge is -2.03. The second-order valence-corrected chi connectivity index (χ2v) is 2.83. The molecule has 1 rings (SSSR count). The normalized spacial score (nSPS) is 20.2. The van der Waals surface area contributed by atoms with Crippen LogP contribution in [0, 0.1) is 0 Å². The Morgan fingerprint density at radius 3 is 3.08 bits per heavy atom. The molecule has 1 heterocycles. The first-order chi connectivity index (χ1) is 5.83. The van der Waals surface area contributed by atoms with Crippen LogP contribution in [0.1, 0.15) is 19.8 Å². The van der Waals surface area contributed by atoms with Crippen LogP contribution in [0.25, 0.3) is 0 Å². The Morgan fingerprint density at radius 1 is 1.75 bits per heavy atom. The summed E-state index contributed by atoms with van der Waals surface area (Å²) in [4.78, 5) is 10.9. The Balaban J connectivity index is 1.88. The zero-order valence-corrected chi connectivity index (χ0v) is 7.34. The number of rotatable bonds is 5. The van der Waals surface area contributed by atoms with Gasteiger partial charge in [-0.3, -0.25) is 0 Å². The van der Waals surface area contributed by atoms with Crippen LogP contribution in [-0.4, -0.2) is 32.0 Å². The van der Waals surface area contributed by atoms with Gasteiger partial charge < -0.3 is 14.8 Å². The number of hydrogen-bond donors (Lipinski definition) is 1. The molecule has 1 amide bonds. The summed E-state index contributed by atoms with van der Waals surface area (Å²) in [6.07, 6.45) is 1.86. The van der Waals surface area contributed by atoms with Crippen molar-refractivity contribution >= 4 is 6.09 Å². The van der Waals surface area contributed by atoms with Gasteiger partial charge in [-0.2, -0.15) is 0 Å². The molecule has 0 aromatic carbocycles. The molecule has 1 aliphatic heterocycles.